The molecule has 0 bridgehead atoms. The molecule has 3 heterocycles. The van der Waals surface area contributed by atoms with Gasteiger partial charge in [-0.05, 0) is 103 Å². The highest BCUT2D eigenvalue weighted by atomic mass is 19.1. The molecule has 0 spiro atoms. The number of carbonyl (C=O) groups is 2. The molecule has 0 saturated carbocycles. The Kier molecular flexibility index (Phi) is 11.3. The first-order chi connectivity index (χ1) is 23.5. The van der Waals surface area contributed by atoms with Crippen molar-refractivity contribution in [2.75, 3.05) is 26.8 Å². The molecule has 2 aromatic carbocycles. The van der Waals surface area contributed by atoms with Crippen LogP contribution in [0.2, 0.25) is 0 Å². The summed E-state index contributed by atoms with van der Waals surface area (Å²) >= 11 is 0. The number of aryl methyl sites for hydroxylation is 1. The molecule has 5 rings (SSSR count). The number of alkyl carbamates (subject to hydrolysis) is 1. The maximum atomic E-state index is 15.1. The quantitative estimate of drug-likeness (QED) is 0.182. The fraction of sp³-hybridized carbons (Fsp3) is 0.579. The molecule has 1 aromatic heterocycles. The van der Waals surface area contributed by atoms with E-state index in [9.17, 15) is 14.0 Å². The fourth-order valence-corrected chi connectivity index (χ4v) is 6.78. The lowest BCUT2D eigenvalue weighted by atomic mass is 9.78. The number of piperidine rings is 1. The van der Waals surface area contributed by atoms with Gasteiger partial charge in [-0.15, -0.1) is 0 Å². The van der Waals surface area contributed by atoms with Crippen LogP contribution >= 0.6 is 0 Å². The molecule has 272 valence electrons. The Morgan fingerprint density at radius 1 is 1.04 bits per heavy atom. The number of rotatable bonds is 11. The molecule has 2 atom stereocenters. The molecular formula is C38H52BF2N3O6. The zero-order chi connectivity index (χ0) is 36.4. The second-order valence-electron chi connectivity index (χ2n) is 15.6. The Morgan fingerprint density at radius 2 is 1.70 bits per heavy atom. The summed E-state index contributed by atoms with van der Waals surface area (Å²) in [6, 6.07) is 11.4. The van der Waals surface area contributed by atoms with Gasteiger partial charge in [0.1, 0.15) is 17.2 Å². The van der Waals surface area contributed by atoms with E-state index in [1.165, 1.54) is 0 Å². The lowest BCUT2D eigenvalue weighted by Gasteiger charge is -2.34. The van der Waals surface area contributed by atoms with Crippen LogP contribution in [0, 0.1) is 11.6 Å². The number of nitrogens with zero attached hydrogens (tertiary/aromatic N) is 2. The molecule has 0 aliphatic carbocycles. The van der Waals surface area contributed by atoms with Crippen molar-refractivity contribution >= 4 is 35.5 Å². The molecule has 2 saturated heterocycles. The van der Waals surface area contributed by atoms with E-state index in [0.29, 0.717) is 39.1 Å². The van der Waals surface area contributed by atoms with Gasteiger partial charge >= 0.3 is 13.2 Å². The summed E-state index contributed by atoms with van der Waals surface area (Å²) in [6.07, 6.45) is 2.02. The normalized spacial score (nSPS) is 19.5. The molecule has 50 heavy (non-hydrogen) atoms. The van der Waals surface area contributed by atoms with E-state index < -0.39 is 47.7 Å². The van der Waals surface area contributed by atoms with Gasteiger partial charge in [-0.3, -0.25) is 4.79 Å². The third kappa shape index (κ3) is 8.69. The Balaban J connectivity index is 1.32. The van der Waals surface area contributed by atoms with Gasteiger partial charge < -0.3 is 33.6 Å². The van der Waals surface area contributed by atoms with E-state index in [1.807, 2.05) is 61.4 Å². The molecule has 2 unspecified atom stereocenters. The van der Waals surface area contributed by atoms with Crippen LogP contribution < -0.4 is 10.8 Å². The SMILES string of the molecule is COCCCn1c(C2CCCN(C(=O)CC(Cc3ccc(B4OC(C)(C)C(C)(C)O4)cc3)NC(=O)OC(C)(C)C)C2)cc2c(F)ccc(F)c21. The number of fused-ring (bicyclic) bond motifs is 1. The van der Waals surface area contributed by atoms with E-state index >= 15 is 4.39 Å². The van der Waals surface area contributed by atoms with Crippen LogP contribution in [0.1, 0.15) is 91.3 Å². The van der Waals surface area contributed by atoms with Crippen LogP contribution in [-0.4, -0.2) is 78.2 Å². The topological polar surface area (TPSA) is 91.3 Å². The summed E-state index contributed by atoms with van der Waals surface area (Å²) in [5.41, 5.74) is 1.25. The van der Waals surface area contributed by atoms with Crippen molar-refractivity contribution in [3.63, 3.8) is 0 Å². The average molecular weight is 696 g/mol. The van der Waals surface area contributed by atoms with Gasteiger partial charge in [0.15, 0.2) is 0 Å². The molecule has 2 aliphatic rings. The summed E-state index contributed by atoms with van der Waals surface area (Å²) < 4.78 is 55.0. The predicted octanol–water partition coefficient (Wildman–Crippen LogP) is 6.49. The van der Waals surface area contributed by atoms with E-state index in [0.717, 1.165) is 41.7 Å². The molecule has 2 amide bonds. The minimum Gasteiger partial charge on any atom is -0.444 e. The molecule has 3 aromatic rings. The van der Waals surface area contributed by atoms with Crippen LogP contribution in [0.3, 0.4) is 0 Å². The highest BCUT2D eigenvalue weighted by Gasteiger charge is 2.51. The summed E-state index contributed by atoms with van der Waals surface area (Å²) in [5, 5.41) is 3.18. The van der Waals surface area contributed by atoms with Crippen LogP contribution in [0.15, 0.2) is 42.5 Å². The number of carbonyl (C=O) groups excluding carboxylic acids is 2. The Bertz CT molecular complexity index is 1650. The second-order valence-corrected chi connectivity index (χ2v) is 15.6. The van der Waals surface area contributed by atoms with Crippen molar-refractivity contribution in [2.24, 2.45) is 0 Å². The number of hydrogen-bond acceptors (Lipinski definition) is 6. The Morgan fingerprint density at radius 3 is 2.34 bits per heavy atom. The Hall–Kier alpha value is -3.48. The molecule has 1 N–H and O–H groups in total. The number of benzene rings is 2. The van der Waals surface area contributed by atoms with Gasteiger partial charge in [0.05, 0.1) is 16.7 Å². The highest BCUT2D eigenvalue weighted by Crippen LogP contribution is 2.37. The minimum absolute atomic E-state index is 0.0605. The summed E-state index contributed by atoms with van der Waals surface area (Å²) in [5.74, 6) is -1.17. The van der Waals surface area contributed by atoms with Gasteiger partial charge in [0.2, 0.25) is 5.91 Å². The van der Waals surface area contributed by atoms with Gasteiger partial charge in [-0.2, -0.15) is 0 Å². The molecule has 9 nitrogen and oxygen atoms in total. The van der Waals surface area contributed by atoms with Crippen molar-refractivity contribution in [1.82, 2.24) is 14.8 Å². The third-order valence-corrected chi connectivity index (χ3v) is 10.0. The first-order valence-corrected chi connectivity index (χ1v) is 17.7. The van der Waals surface area contributed by atoms with Gasteiger partial charge in [-0.1, -0.05) is 24.3 Å². The molecule has 0 radical (unpaired) electrons. The monoisotopic (exact) mass is 695 g/mol. The first-order valence-electron chi connectivity index (χ1n) is 17.7. The zero-order valence-corrected chi connectivity index (χ0v) is 30.7. The highest BCUT2D eigenvalue weighted by molar-refractivity contribution is 6.62. The number of aromatic nitrogens is 1. The lowest BCUT2D eigenvalue weighted by molar-refractivity contribution is -0.132. The summed E-state index contributed by atoms with van der Waals surface area (Å²) in [4.78, 5) is 28.7. The Labute approximate surface area is 295 Å². The summed E-state index contributed by atoms with van der Waals surface area (Å²) in [7, 11) is 1.12. The smallest absolute Gasteiger partial charge is 0.444 e. The lowest BCUT2D eigenvalue weighted by Crippen LogP contribution is -2.46. The fourth-order valence-electron chi connectivity index (χ4n) is 6.78. The molecule has 2 fully saturated rings. The average Bonchev–Trinajstić information content (AvgIpc) is 3.52. The van der Waals surface area contributed by atoms with Gasteiger partial charge in [0, 0.05) is 62.8 Å². The number of ether oxygens (including phenoxy) is 2. The number of likely N-dealkylation sites (tertiary alicyclic amines) is 1. The maximum Gasteiger partial charge on any atom is 0.494 e. The van der Waals surface area contributed by atoms with Crippen LogP contribution in [0.4, 0.5) is 13.6 Å². The molecule has 12 heteroatoms. The predicted molar refractivity (Wildman–Crippen MR) is 191 cm³/mol. The number of amides is 2. The molecule has 2 aliphatic heterocycles. The van der Waals surface area contributed by atoms with Crippen LogP contribution in [-0.2, 0) is 36.5 Å². The zero-order valence-electron chi connectivity index (χ0n) is 30.7. The van der Waals surface area contributed by atoms with E-state index in [2.05, 4.69) is 5.32 Å². The largest absolute Gasteiger partial charge is 0.494 e. The third-order valence-electron chi connectivity index (χ3n) is 10.0. The number of halogens is 2. The minimum atomic E-state index is -0.704. The van der Waals surface area contributed by atoms with Crippen molar-refractivity contribution in [3.8, 4) is 0 Å². The van der Waals surface area contributed by atoms with Crippen LogP contribution in [0.5, 0.6) is 0 Å². The number of hydrogen-bond donors (Lipinski definition) is 1. The van der Waals surface area contributed by atoms with E-state index in [-0.39, 0.29) is 29.1 Å². The van der Waals surface area contributed by atoms with Crippen LogP contribution in [0.25, 0.3) is 10.9 Å². The van der Waals surface area contributed by atoms with Gasteiger partial charge in [0.25, 0.3) is 0 Å². The maximum absolute atomic E-state index is 15.1. The number of methoxy groups -OCH3 is 1. The van der Waals surface area contributed by atoms with Crippen molar-refractivity contribution < 1.29 is 37.2 Å². The second kappa shape index (κ2) is 15.0. The van der Waals surface area contributed by atoms with Crippen molar-refractivity contribution in [2.45, 2.75) is 116 Å². The number of nitrogens with one attached hydrogen (secondary N) is 1. The first kappa shape index (κ1) is 37.8. The van der Waals surface area contributed by atoms with E-state index in [4.69, 9.17) is 18.8 Å². The van der Waals surface area contributed by atoms with Crippen molar-refractivity contribution in [1.29, 1.82) is 0 Å². The standard InChI is InChI=1S/C38H52BF2N3O6/c1-36(2,3)48-35(46)42-28(21-25-12-14-27(15-13-25)39-49-37(4,5)38(6,7)50-39)22-33(45)43-18-9-11-26(24-43)32-23-29-30(40)16-17-31(41)34(29)44(32)19-10-20-47-8/h12-17,23,26,28H,9-11,18-22,24H2,1-8H3,(H,42,46). The van der Waals surface area contributed by atoms with Crippen molar-refractivity contribution in [3.05, 3.63) is 65.4 Å². The molecular weight excluding hydrogens is 643 g/mol. The van der Waals surface area contributed by atoms with E-state index in [1.54, 1.807) is 33.9 Å². The summed E-state index contributed by atoms with van der Waals surface area (Å²) in [6.45, 7) is 15.3. The van der Waals surface area contributed by atoms with Gasteiger partial charge in [-0.25, -0.2) is 13.6 Å².